The Morgan fingerprint density at radius 2 is 1.75 bits per heavy atom. The molecule has 5 heteroatoms. The summed E-state index contributed by atoms with van der Waals surface area (Å²) in [5, 5.41) is 0.418. The van der Waals surface area contributed by atoms with Gasteiger partial charge in [-0.05, 0) is 53.0 Å². The highest BCUT2D eigenvalue weighted by molar-refractivity contribution is 9.10. The van der Waals surface area contributed by atoms with Crippen LogP contribution in [-0.4, -0.2) is 9.97 Å². The highest BCUT2D eigenvalue weighted by Gasteiger charge is 2.23. The predicted molar refractivity (Wildman–Crippen MR) is 81.3 cm³/mol. The lowest BCUT2D eigenvalue weighted by Gasteiger charge is -2.13. The van der Waals surface area contributed by atoms with E-state index in [2.05, 4.69) is 25.9 Å². The van der Waals surface area contributed by atoms with Crippen LogP contribution in [0.4, 0.5) is 4.39 Å². The number of benzene rings is 1. The molecule has 0 atom stereocenters. The molecule has 20 heavy (non-hydrogen) atoms. The Labute approximate surface area is 130 Å². The van der Waals surface area contributed by atoms with E-state index in [0.717, 1.165) is 28.6 Å². The molecule has 1 aromatic carbocycles. The monoisotopic (exact) mass is 354 g/mol. The van der Waals surface area contributed by atoms with Gasteiger partial charge in [0.05, 0.1) is 10.2 Å². The van der Waals surface area contributed by atoms with E-state index in [-0.39, 0.29) is 5.82 Å². The number of rotatable bonds is 2. The second-order valence-electron chi connectivity index (χ2n) is 5.03. The summed E-state index contributed by atoms with van der Waals surface area (Å²) in [7, 11) is 0. The van der Waals surface area contributed by atoms with Crippen molar-refractivity contribution in [2.75, 3.05) is 0 Å². The first kappa shape index (κ1) is 14.0. The Hall–Kier alpha value is -1.00. The summed E-state index contributed by atoms with van der Waals surface area (Å²) in [6, 6.07) is 6.16. The van der Waals surface area contributed by atoms with E-state index in [0.29, 0.717) is 16.9 Å². The van der Waals surface area contributed by atoms with Crippen molar-refractivity contribution in [3.8, 4) is 11.4 Å². The molecule has 1 saturated carbocycles. The van der Waals surface area contributed by atoms with Gasteiger partial charge in [-0.15, -0.1) is 0 Å². The summed E-state index contributed by atoms with van der Waals surface area (Å²) in [4.78, 5) is 8.94. The maximum absolute atomic E-state index is 13.0. The smallest absolute Gasteiger partial charge is 0.161 e. The quantitative estimate of drug-likeness (QED) is 0.678. The molecule has 0 amide bonds. The fourth-order valence-electron chi connectivity index (χ4n) is 2.63. The van der Waals surface area contributed by atoms with E-state index in [1.54, 1.807) is 12.1 Å². The van der Waals surface area contributed by atoms with E-state index in [1.807, 2.05) is 0 Å². The van der Waals surface area contributed by atoms with E-state index in [1.165, 1.54) is 25.0 Å². The van der Waals surface area contributed by atoms with Crippen molar-refractivity contribution in [2.24, 2.45) is 0 Å². The summed E-state index contributed by atoms with van der Waals surface area (Å²) >= 11 is 9.70. The van der Waals surface area contributed by atoms with Crippen LogP contribution in [0.25, 0.3) is 11.4 Å². The number of aromatic nitrogens is 2. The van der Waals surface area contributed by atoms with Gasteiger partial charge in [0.1, 0.15) is 11.0 Å². The molecule has 2 nitrogen and oxygen atoms in total. The Bertz CT molecular complexity index is 625. The van der Waals surface area contributed by atoms with Crippen LogP contribution in [0.3, 0.4) is 0 Å². The number of nitrogens with zero attached hydrogens (tertiary/aromatic N) is 2. The summed E-state index contributed by atoms with van der Waals surface area (Å²) in [6.45, 7) is 0. The lowest BCUT2D eigenvalue weighted by atomic mass is 10.0. The van der Waals surface area contributed by atoms with Crippen molar-refractivity contribution in [1.82, 2.24) is 9.97 Å². The molecule has 1 aliphatic rings. The van der Waals surface area contributed by atoms with Gasteiger partial charge in [0, 0.05) is 11.5 Å². The Kier molecular flexibility index (Phi) is 4.03. The minimum Gasteiger partial charge on any atom is -0.231 e. The number of hydrogen-bond donors (Lipinski definition) is 0. The minimum atomic E-state index is -0.270. The molecular formula is C15H13BrClFN2. The van der Waals surface area contributed by atoms with Crippen LogP contribution in [0, 0.1) is 5.82 Å². The topological polar surface area (TPSA) is 25.8 Å². The maximum atomic E-state index is 13.0. The highest BCUT2D eigenvalue weighted by atomic mass is 79.9. The van der Waals surface area contributed by atoms with Gasteiger partial charge in [-0.3, -0.25) is 0 Å². The summed E-state index contributed by atoms with van der Waals surface area (Å²) < 4.78 is 13.8. The van der Waals surface area contributed by atoms with Crippen molar-refractivity contribution in [3.05, 3.63) is 45.4 Å². The molecule has 1 heterocycles. The first-order valence-corrected chi connectivity index (χ1v) is 7.81. The van der Waals surface area contributed by atoms with Crippen LogP contribution in [0.2, 0.25) is 5.15 Å². The molecule has 1 aromatic heterocycles. The van der Waals surface area contributed by atoms with Crippen LogP contribution in [-0.2, 0) is 0 Å². The third kappa shape index (κ3) is 2.72. The molecule has 0 bridgehead atoms. The second-order valence-corrected chi connectivity index (χ2v) is 6.18. The predicted octanol–water partition coefficient (Wildman–Crippen LogP) is 5.36. The lowest BCUT2D eigenvalue weighted by molar-refractivity contribution is 0.628. The summed E-state index contributed by atoms with van der Waals surface area (Å²) in [5.41, 5.74) is 1.75. The van der Waals surface area contributed by atoms with Crippen molar-refractivity contribution in [3.63, 3.8) is 0 Å². The minimum absolute atomic E-state index is 0.270. The molecule has 0 saturated heterocycles. The first-order valence-electron chi connectivity index (χ1n) is 6.64. The largest absolute Gasteiger partial charge is 0.231 e. The van der Waals surface area contributed by atoms with Gasteiger partial charge in [0.15, 0.2) is 5.82 Å². The van der Waals surface area contributed by atoms with Crippen molar-refractivity contribution < 1.29 is 4.39 Å². The lowest BCUT2D eigenvalue weighted by Crippen LogP contribution is -2.02. The zero-order valence-corrected chi connectivity index (χ0v) is 13.1. The zero-order chi connectivity index (χ0) is 14.1. The van der Waals surface area contributed by atoms with Crippen LogP contribution in [0.5, 0.6) is 0 Å². The SMILES string of the molecule is Fc1ccc(-c2nc(Cl)c(Br)c(C3CCCC3)n2)cc1. The fourth-order valence-corrected chi connectivity index (χ4v) is 3.31. The molecule has 104 valence electrons. The zero-order valence-electron chi connectivity index (χ0n) is 10.7. The van der Waals surface area contributed by atoms with Crippen molar-refractivity contribution in [2.45, 2.75) is 31.6 Å². The van der Waals surface area contributed by atoms with Gasteiger partial charge in [0.2, 0.25) is 0 Å². The van der Waals surface area contributed by atoms with Crippen LogP contribution < -0.4 is 0 Å². The van der Waals surface area contributed by atoms with Gasteiger partial charge in [-0.25, -0.2) is 14.4 Å². The van der Waals surface area contributed by atoms with Crippen molar-refractivity contribution in [1.29, 1.82) is 0 Å². The van der Waals surface area contributed by atoms with Gasteiger partial charge in [-0.1, -0.05) is 24.4 Å². The summed E-state index contributed by atoms with van der Waals surface area (Å²) in [6.07, 6.45) is 4.72. The molecule has 3 rings (SSSR count). The van der Waals surface area contributed by atoms with Gasteiger partial charge < -0.3 is 0 Å². The Morgan fingerprint density at radius 1 is 1.10 bits per heavy atom. The molecule has 0 N–H and O–H groups in total. The first-order chi connectivity index (χ1) is 9.65. The fraction of sp³-hybridized carbons (Fsp3) is 0.333. The van der Waals surface area contributed by atoms with Crippen LogP contribution in [0.1, 0.15) is 37.3 Å². The molecule has 0 radical (unpaired) electrons. The maximum Gasteiger partial charge on any atom is 0.161 e. The van der Waals surface area contributed by atoms with Gasteiger partial charge in [0.25, 0.3) is 0 Å². The Balaban J connectivity index is 2.05. The van der Waals surface area contributed by atoms with Gasteiger partial charge in [-0.2, -0.15) is 0 Å². The normalized spacial score (nSPS) is 15.8. The molecule has 2 aromatic rings. The second kappa shape index (κ2) is 5.78. The van der Waals surface area contributed by atoms with E-state index in [9.17, 15) is 4.39 Å². The van der Waals surface area contributed by atoms with Gasteiger partial charge >= 0.3 is 0 Å². The van der Waals surface area contributed by atoms with Crippen LogP contribution in [0.15, 0.2) is 28.7 Å². The molecule has 0 spiro atoms. The molecule has 0 aliphatic heterocycles. The Morgan fingerprint density at radius 3 is 2.40 bits per heavy atom. The third-order valence-corrected chi connectivity index (χ3v) is 4.96. The average molecular weight is 356 g/mol. The third-order valence-electron chi connectivity index (χ3n) is 3.68. The standard InChI is InChI=1S/C15H13BrClFN2/c16-12-13(9-3-1-2-4-9)19-15(20-14(12)17)10-5-7-11(18)8-6-10/h5-9H,1-4H2. The van der Waals surface area contributed by atoms with E-state index >= 15 is 0 Å². The average Bonchev–Trinajstić information content (AvgIpc) is 2.96. The van der Waals surface area contributed by atoms with Crippen molar-refractivity contribution >= 4 is 27.5 Å². The van der Waals surface area contributed by atoms with E-state index in [4.69, 9.17) is 11.6 Å². The van der Waals surface area contributed by atoms with Crippen LogP contribution >= 0.6 is 27.5 Å². The highest BCUT2D eigenvalue weighted by Crippen LogP contribution is 2.39. The van der Waals surface area contributed by atoms with E-state index < -0.39 is 0 Å². The summed E-state index contributed by atoms with van der Waals surface area (Å²) in [5.74, 6) is 0.720. The molecule has 1 aliphatic carbocycles. The molecule has 1 fully saturated rings. The number of hydrogen-bond acceptors (Lipinski definition) is 2. The number of halogens is 3. The molecule has 0 unspecified atom stereocenters. The molecular weight excluding hydrogens is 343 g/mol.